The molecule has 0 bridgehead atoms. The first kappa shape index (κ1) is 30.2. The molecule has 0 fully saturated rings. The number of rotatable bonds is 11. The normalized spacial score (nSPS) is 14.9. The summed E-state index contributed by atoms with van der Waals surface area (Å²) in [5.74, 6) is -0.573. The molecular formula is C31H37ClN2O5S. The number of halogens is 1. The van der Waals surface area contributed by atoms with Gasteiger partial charge >= 0.3 is 5.97 Å². The number of benzene rings is 3. The van der Waals surface area contributed by atoms with E-state index >= 15 is 0 Å². The fourth-order valence-electron chi connectivity index (χ4n) is 5.60. The molecule has 1 atom stereocenters. The van der Waals surface area contributed by atoms with Crippen LogP contribution in [0, 0.1) is 12.8 Å². The van der Waals surface area contributed by atoms with E-state index in [1.165, 1.54) is 34.6 Å². The highest BCUT2D eigenvalue weighted by molar-refractivity contribution is 7.89. The summed E-state index contributed by atoms with van der Waals surface area (Å²) >= 11 is 6.12. The Bertz CT molecular complexity index is 1480. The van der Waals surface area contributed by atoms with Crippen LogP contribution in [-0.2, 0) is 22.9 Å². The van der Waals surface area contributed by atoms with Gasteiger partial charge in [-0.15, -0.1) is 0 Å². The summed E-state index contributed by atoms with van der Waals surface area (Å²) in [6.45, 7) is 6.26. The Morgan fingerprint density at radius 2 is 1.75 bits per heavy atom. The number of nitrogens with one attached hydrogen (secondary N) is 1. The predicted molar refractivity (Wildman–Crippen MR) is 158 cm³/mol. The van der Waals surface area contributed by atoms with Gasteiger partial charge in [0.25, 0.3) is 0 Å². The topological polar surface area (TPSA) is 107 Å². The Labute approximate surface area is 241 Å². The molecule has 0 saturated carbocycles. The van der Waals surface area contributed by atoms with Crippen LogP contribution in [0.3, 0.4) is 0 Å². The molecule has 4 rings (SSSR count). The van der Waals surface area contributed by atoms with E-state index in [1.807, 2.05) is 0 Å². The lowest BCUT2D eigenvalue weighted by Gasteiger charge is -2.31. The molecule has 0 saturated heterocycles. The second-order valence-electron chi connectivity index (χ2n) is 11.4. The molecule has 0 spiro atoms. The number of aliphatic hydroxyl groups excluding tert-OH is 1. The van der Waals surface area contributed by atoms with Gasteiger partial charge in [-0.25, -0.2) is 13.2 Å². The van der Waals surface area contributed by atoms with Crippen molar-refractivity contribution < 1.29 is 23.4 Å². The molecule has 214 valence electrons. The van der Waals surface area contributed by atoms with Crippen LogP contribution in [0.4, 0.5) is 0 Å². The van der Waals surface area contributed by atoms with E-state index in [9.17, 15) is 23.4 Å². The molecule has 7 nitrogen and oxygen atoms in total. The first-order chi connectivity index (χ1) is 18.8. The number of carboxylic acids is 1. The number of carboxylic acid groups (broad SMARTS) is 1. The lowest BCUT2D eigenvalue weighted by atomic mass is 9.88. The fraction of sp³-hybridized carbons (Fsp3) is 0.387. The van der Waals surface area contributed by atoms with Crippen molar-refractivity contribution in [1.29, 1.82) is 0 Å². The molecule has 0 heterocycles. The third kappa shape index (κ3) is 6.93. The van der Waals surface area contributed by atoms with Gasteiger partial charge in [0.2, 0.25) is 10.0 Å². The highest BCUT2D eigenvalue weighted by atomic mass is 35.5. The zero-order chi connectivity index (χ0) is 29.2. The van der Waals surface area contributed by atoms with Crippen LogP contribution < -0.4 is 5.32 Å². The monoisotopic (exact) mass is 584 g/mol. The lowest BCUT2D eigenvalue weighted by molar-refractivity contribution is 0.0697. The van der Waals surface area contributed by atoms with Gasteiger partial charge < -0.3 is 15.5 Å². The van der Waals surface area contributed by atoms with Crippen LogP contribution in [0.15, 0.2) is 65.6 Å². The molecule has 0 aromatic heterocycles. The van der Waals surface area contributed by atoms with Crippen LogP contribution in [0.25, 0.3) is 11.1 Å². The molecule has 0 amide bonds. The van der Waals surface area contributed by atoms with E-state index in [0.29, 0.717) is 17.0 Å². The molecule has 3 aromatic rings. The van der Waals surface area contributed by atoms with Crippen LogP contribution >= 0.6 is 11.6 Å². The van der Waals surface area contributed by atoms with Crippen molar-refractivity contribution >= 4 is 27.6 Å². The number of carbonyl (C=O) groups is 1. The number of fused-ring (bicyclic) bond motifs is 1. The Balaban J connectivity index is 1.35. The van der Waals surface area contributed by atoms with Gasteiger partial charge in [0, 0.05) is 25.7 Å². The molecule has 0 aliphatic heterocycles. The van der Waals surface area contributed by atoms with E-state index in [2.05, 4.69) is 43.4 Å². The van der Waals surface area contributed by atoms with E-state index in [4.69, 9.17) is 11.6 Å². The molecule has 40 heavy (non-hydrogen) atoms. The second kappa shape index (κ2) is 12.0. The first-order valence-electron chi connectivity index (χ1n) is 13.4. The highest BCUT2D eigenvalue weighted by Crippen LogP contribution is 2.32. The quantitative estimate of drug-likeness (QED) is 0.287. The Morgan fingerprint density at radius 1 is 1.10 bits per heavy atom. The summed E-state index contributed by atoms with van der Waals surface area (Å²) < 4.78 is 27.8. The molecule has 1 unspecified atom stereocenters. The van der Waals surface area contributed by atoms with E-state index in [-0.39, 0.29) is 34.1 Å². The largest absolute Gasteiger partial charge is 0.478 e. The van der Waals surface area contributed by atoms with Gasteiger partial charge in [-0.2, -0.15) is 4.31 Å². The minimum atomic E-state index is -3.84. The Kier molecular flexibility index (Phi) is 9.07. The summed E-state index contributed by atoms with van der Waals surface area (Å²) in [6, 6.07) is 18.0. The van der Waals surface area contributed by atoms with Crippen molar-refractivity contribution in [2.75, 3.05) is 20.1 Å². The number of aliphatic hydroxyl groups is 1. The maximum atomic E-state index is 13.3. The van der Waals surface area contributed by atoms with Gasteiger partial charge in [-0.05, 0) is 98.0 Å². The number of sulfonamides is 1. The summed E-state index contributed by atoms with van der Waals surface area (Å²) in [5.41, 5.74) is 4.77. The van der Waals surface area contributed by atoms with Crippen LogP contribution in [0.1, 0.15) is 47.3 Å². The molecule has 3 aromatic carbocycles. The van der Waals surface area contributed by atoms with E-state index in [0.717, 1.165) is 24.8 Å². The van der Waals surface area contributed by atoms with E-state index < -0.39 is 22.1 Å². The number of β-amino-alcohol motifs (C(OH)–C–C–N with tert-alkyl or cyclic N) is 1. The van der Waals surface area contributed by atoms with Gasteiger partial charge in [0.15, 0.2) is 0 Å². The number of aromatic carboxylic acids is 1. The van der Waals surface area contributed by atoms with Crippen molar-refractivity contribution in [2.24, 2.45) is 5.92 Å². The fourth-order valence-corrected chi connectivity index (χ4v) is 7.15. The van der Waals surface area contributed by atoms with Crippen molar-refractivity contribution in [3.05, 3.63) is 87.9 Å². The summed E-state index contributed by atoms with van der Waals surface area (Å²) in [7, 11) is -2.38. The summed E-state index contributed by atoms with van der Waals surface area (Å²) in [5, 5.41) is 23.5. The third-order valence-corrected chi connectivity index (χ3v) is 9.77. The van der Waals surface area contributed by atoms with Crippen LogP contribution in [0.5, 0.6) is 0 Å². The highest BCUT2D eigenvalue weighted by Gasteiger charge is 2.29. The second-order valence-corrected chi connectivity index (χ2v) is 13.9. The summed E-state index contributed by atoms with van der Waals surface area (Å²) in [4.78, 5) is 11.4. The molecule has 9 heteroatoms. The number of aryl methyl sites for hydroxylation is 1. The van der Waals surface area contributed by atoms with E-state index in [1.54, 1.807) is 31.2 Å². The maximum absolute atomic E-state index is 13.3. The average Bonchev–Trinajstić information content (AvgIpc) is 3.28. The van der Waals surface area contributed by atoms with Crippen molar-refractivity contribution in [2.45, 2.75) is 56.6 Å². The average molecular weight is 585 g/mol. The molecule has 0 radical (unpaired) electrons. The maximum Gasteiger partial charge on any atom is 0.337 e. The van der Waals surface area contributed by atoms with Gasteiger partial charge in [0.05, 0.1) is 21.6 Å². The van der Waals surface area contributed by atoms with Crippen LogP contribution in [0.2, 0.25) is 5.02 Å². The van der Waals surface area contributed by atoms with Crippen molar-refractivity contribution in [3.63, 3.8) is 0 Å². The Hall–Kier alpha value is -2.75. The predicted octanol–water partition coefficient (Wildman–Crippen LogP) is 5.17. The molecule has 1 aliphatic carbocycles. The zero-order valence-electron chi connectivity index (χ0n) is 23.3. The van der Waals surface area contributed by atoms with Crippen molar-refractivity contribution in [1.82, 2.24) is 9.62 Å². The SMILES string of the molecule is Cc1cc(S(=O)(=O)N(C)CC(O)CNC(C)(C)CC2Cc3ccccc3C2)ccc1-c1ccc(C(=O)O)c(Cl)c1. The minimum absolute atomic E-state index is 0.00411. The smallest absolute Gasteiger partial charge is 0.337 e. The lowest BCUT2D eigenvalue weighted by Crippen LogP contribution is -2.47. The zero-order valence-corrected chi connectivity index (χ0v) is 24.9. The molecule has 1 aliphatic rings. The minimum Gasteiger partial charge on any atom is -0.478 e. The number of likely N-dealkylation sites (N-methyl/N-ethyl adjacent to an activating group) is 1. The third-order valence-electron chi connectivity index (χ3n) is 7.64. The number of nitrogens with zero attached hydrogens (tertiary/aromatic N) is 1. The van der Waals surface area contributed by atoms with Gasteiger partial charge in [-0.3, -0.25) is 0 Å². The Morgan fingerprint density at radius 3 is 2.33 bits per heavy atom. The van der Waals surface area contributed by atoms with Crippen molar-refractivity contribution in [3.8, 4) is 11.1 Å². The van der Waals surface area contributed by atoms with Gasteiger partial charge in [0.1, 0.15) is 0 Å². The number of hydrogen-bond acceptors (Lipinski definition) is 5. The van der Waals surface area contributed by atoms with Crippen LogP contribution in [-0.4, -0.2) is 60.7 Å². The molecule has 3 N–H and O–H groups in total. The van der Waals surface area contributed by atoms with Gasteiger partial charge in [-0.1, -0.05) is 48.0 Å². The standard InChI is InChI=1S/C31H37ClN2O5S/c1-20-13-26(10-12-27(20)24-9-11-28(30(36)37)29(32)16-24)40(38,39)34(4)19-25(35)18-33-31(2,3)17-21-14-22-7-5-6-8-23(22)15-21/h5-13,16,21,25,33,35H,14-15,17-19H2,1-4H3,(H,36,37). The molecular weight excluding hydrogens is 548 g/mol. The first-order valence-corrected chi connectivity index (χ1v) is 15.2. The summed E-state index contributed by atoms with van der Waals surface area (Å²) in [6.07, 6.45) is 2.20. The number of hydrogen-bond donors (Lipinski definition) is 3.